The summed E-state index contributed by atoms with van der Waals surface area (Å²) in [5, 5.41) is 0. The molecule has 0 saturated carbocycles. The van der Waals surface area contributed by atoms with Crippen LogP contribution in [0.4, 0.5) is 0 Å². The first-order valence-electron chi connectivity index (χ1n) is 13.5. The monoisotopic (exact) mass is 643 g/mol. The summed E-state index contributed by atoms with van der Waals surface area (Å²) in [5.41, 5.74) is 0. The molecule has 1 aliphatic rings. The molecular formula is C27H40N3O9P3. The minimum absolute atomic E-state index is 0.277. The summed E-state index contributed by atoms with van der Waals surface area (Å²) in [4.78, 5) is 6.88. The number of ether oxygens (including phenoxy) is 3. The molecule has 1 unspecified atom stereocenters. The van der Waals surface area contributed by atoms with E-state index in [1.807, 2.05) is 20.8 Å². The summed E-state index contributed by atoms with van der Waals surface area (Å²) >= 11 is 0. The molecule has 15 heteroatoms. The fourth-order valence-corrected chi connectivity index (χ4v) is 15.9. The van der Waals surface area contributed by atoms with Gasteiger partial charge in [-0.25, -0.2) is 0 Å². The van der Waals surface area contributed by atoms with E-state index < -0.39 is 23.7 Å². The standard InChI is InChI=1S/C27H40N3O9P3/c1-7-34-40(37-25-16-10-22(31-4)11-17-25)28-41(35-8-2,38-26-18-12-23(32-5)13-19-26)30-42(29-40,36-9-3)39-27-20-14-24(33-6)15-21-27/h10-21,28-29,40-41H,7-9H2,1-6H3. The fraction of sp³-hybridized carbons (Fsp3) is 0.333. The van der Waals surface area contributed by atoms with Crippen LogP contribution in [0.5, 0.6) is 34.5 Å². The molecular weight excluding hydrogens is 603 g/mol. The molecule has 232 valence electrons. The number of nitrogens with zero attached hydrogens (tertiary/aromatic N) is 1. The van der Waals surface area contributed by atoms with Crippen LogP contribution in [0.3, 0.4) is 0 Å². The molecule has 3 aromatic rings. The molecule has 0 radical (unpaired) electrons. The number of nitrogens with one attached hydrogen (secondary N) is 2. The van der Waals surface area contributed by atoms with Gasteiger partial charge in [-0.1, -0.05) is 0 Å². The van der Waals surface area contributed by atoms with E-state index >= 15 is 0 Å². The fourth-order valence-electron chi connectivity index (χ4n) is 4.03. The van der Waals surface area contributed by atoms with Crippen molar-refractivity contribution in [3.63, 3.8) is 0 Å². The van der Waals surface area contributed by atoms with Crippen molar-refractivity contribution in [2.45, 2.75) is 20.8 Å². The van der Waals surface area contributed by atoms with E-state index in [2.05, 4.69) is 9.72 Å². The van der Waals surface area contributed by atoms with Crippen molar-refractivity contribution in [1.29, 1.82) is 0 Å². The molecule has 0 aliphatic carbocycles. The van der Waals surface area contributed by atoms with Crippen LogP contribution in [0.1, 0.15) is 20.8 Å². The molecule has 4 rings (SSSR count). The Labute approximate surface area is 248 Å². The van der Waals surface area contributed by atoms with E-state index in [9.17, 15) is 0 Å². The molecule has 0 amide bonds. The molecule has 0 aromatic heterocycles. The topological polar surface area (TPSA) is 119 Å². The third kappa shape index (κ3) is 8.04. The zero-order valence-corrected chi connectivity index (χ0v) is 27.5. The number of methoxy groups -OCH3 is 3. The first kappa shape index (κ1) is 32.3. The van der Waals surface area contributed by atoms with Gasteiger partial charge in [-0.05, 0) is 0 Å². The van der Waals surface area contributed by atoms with Gasteiger partial charge in [-0.15, -0.1) is 0 Å². The van der Waals surface area contributed by atoms with Gasteiger partial charge in [0.1, 0.15) is 0 Å². The quantitative estimate of drug-likeness (QED) is 0.162. The molecule has 1 aliphatic heterocycles. The maximum absolute atomic E-state index is 6.62. The zero-order chi connectivity index (χ0) is 30.1. The van der Waals surface area contributed by atoms with E-state index in [1.54, 1.807) is 94.1 Å². The van der Waals surface area contributed by atoms with Gasteiger partial charge >= 0.3 is 248 Å². The van der Waals surface area contributed by atoms with Crippen LogP contribution in [-0.2, 0) is 13.6 Å². The zero-order valence-electron chi connectivity index (χ0n) is 24.6. The Morgan fingerprint density at radius 1 is 0.595 bits per heavy atom. The summed E-state index contributed by atoms with van der Waals surface area (Å²) in [6, 6.07) is 21.5. The van der Waals surface area contributed by atoms with Gasteiger partial charge in [-0.3, -0.25) is 0 Å². The van der Waals surface area contributed by atoms with Gasteiger partial charge in [0.05, 0.1) is 0 Å². The Hall–Kier alpha value is -2.65. The van der Waals surface area contributed by atoms with Gasteiger partial charge in [0.25, 0.3) is 0 Å². The van der Waals surface area contributed by atoms with E-state index in [4.69, 9.17) is 45.9 Å². The summed E-state index contributed by atoms with van der Waals surface area (Å²) < 4.78 is 59.9. The minimum atomic E-state index is -3.81. The van der Waals surface area contributed by atoms with Crippen LogP contribution in [0.25, 0.3) is 0 Å². The summed E-state index contributed by atoms with van der Waals surface area (Å²) in [7, 11) is -6.10. The molecule has 0 spiro atoms. The Morgan fingerprint density at radius 2 is 1.05 bits per heavy atom. The molecule has 1 heterocycles. The van der Waals surface area contributed by atoms with E-state index in [1.165, 1.54) is 0 Å². The van der Waals surface area contributed by atoms with Crippen molar-refractivity contribution < 1.29 is 41.4 Å². The van der Waals surface area contributed by atoms with Crippen molar-refractivity contribution in [2.24, 2.45) is 4.52 Å². The molecule has 42 heavy (non-hydrogen) atoms. The molecule has 0 fully saturated rings. The summed E-state index contributed by atoms with van der Waals surface area (Å²) in [6.07, 6.45) is 0. The molecule has 12 nitrogen and oxygen atoms in total. The first-order valence-corrected chi connectivity index (χ1v) is 18.6. The average molecular weight is 644 g/mol. The van der Waals surface area contributed by atoms with E-state index in [0.717, 1.165) is 0 Å². The summed E-state index contributed by atoms with van der Waals surface area (Å²) in [6.45, 7) is 6.47. The SMILES string of the molecule is CCOP1(Oc2ccc(OC)cc2)=N[PH](OCC)(Oc2ccc(OC)cc2)N[PH](OCC)(Oc2ccc(OC)cc2)N1. The maximum atomic E-state index is 6.62. The van der Waals surface area contributed by atoms with Crippen molar-refractivity contribution >= 4 is 23.7 Å². The van der Waals surface area contributed by atoms with Gasteiger partial charge in [0.15, 0.2) is 0 Å². The van der Waals surface area contributed by atoms with Crippen LogP contribution in [-0.4, -0.2) is 41.2 Å². The number of rotatable bonds is 15. The molecule has 1 atom stereocenters. The van der Waals surface area contributed by atoms with Gasteiger partial charge in [0, 0.05) is 0 Å². The molecule has 0 saturated heterocycles. The predicted molar refractivity (Wildman–Crippen MR) is 168 cm³/mol. The third-order valence-corrected chi connectivity index (χ3v) is 16.3. The first-order chi connectivity index (χ1) is 20.3. The second kappa shape index (κ2) is 14.7. The van der Waals surface area contributed by atoms with Gasteiger partial charge in [0.2, 0.25) is 0 Å². The Kier molecular flexibility index (Phi) is 11.3. The van der Waals surface area contributed by atoms with Crippen molar-refractivity contribution in [1.82, 2.24) is 9.72 Å². The number of hydrogen-bond acceptors (Lipinski definition) is 12. The molecule has 2 N–H and O–H groups in total. The van der Waals surface area contributed by atoms with Crippen LogP contribution < -0.4 is 37.5 Å². The van der Waals surface area contributed by atoms with Crippen LogP contribution in [0.2, 0.25) is 0 Å². The van der Waals surface area contributed by atoms with E-state index in [0.29, 0.717) is 41.1 Å². The van der Waals surface area contributed by atoms with Crippen molar-refractivity contribution in [3.05, 3.63) is 72.8 Å². The Bertz CT molecular complexity index is 1330. The van der Waals surface area contributed by atoms with Crippen LogP contribution >= 0.6 is 23.7 Å². The molecule has 0 bridgehead atoms. The predicted octanol–water partition coefficient (Wildman–Crippen LogP) is 7.32. The van der Waals surface area contributed by atoms with Gasteiger partial charge < -0.3 is 0 Å². The normalized spacial score (nSPS) is 20.3. The number of benzene rings is 3. The Morgan fingerprint density at radius 3 is 1.50 bits per heavy atom. The van der Waals surface area contributed by atoms with Gasteiger partial charge in [-0.2, -0.15) is 0 Å². The van der Waals surface area contributed by atoms with E-state index in [-0.39, 0.29) is 13.2 Å². The third-order valence-electron chi connectivity index (χ3n) is 5.79. The second-order valence-corrected chi connectivity index (χ2v) is 16.2. The molecule has 3 aromatic carbocycles. The average Bonchev–Trinajstić information content (AvgIpc) is 2.98. The van der Waals surface area contributed by atoms with Crippen molar-refractivity contribution in [2.75, 3.05) is 41.2 Å². The Balaban J connectivity index is 1.86. The second-order valence-electron chi connectivity index (χ2n) is 8.66. The van der Waals surface area contributed by atoms with Crippen LogP contribution in [0.15, 0.2) is 77.3 Å². The summed E-state index contributed by atoms with van der Waals surface area (Å²) in [5.74, 6) is 3.60. The number of hydrogen-bond donors (Lipinski definition) is 2. The van der Waals surface area contributed by atoms with Crippen molar-refractivity contribution in [3.8, 4) is 34.5 Å². The van der Waals surface area contributed by atoms with Crippen LogP contribution in [0, 0.1) is 0 Å².